The number of rotatable bonds is 0. The van der Waals surface area contributed by atoms with Crippen molar-refractivity contribution in [1.82, 2.24) is 4.81 Å². The Labute approximate surface area is 40.6 Å². The van der Waals surface area contributed by atoms with Gasteiger partial charge in [-0.15, -0.1) is 0 Å². The maximum atomic E-state index is 2.12. The summed E-state index contributed by atoms with van der Waals surface area (Å²) in [6, 6.07) is 0. The van der Waals surface area contributed by atoms with Crippen LogP contribution >= 0.6 is 0 Å². The molecule has 0 aliphatic carbocycles. The first-order valence-corrected chi connectivity index (χ1v) is 2.43. The van der Waals surface area contributed by atoms with E-state index in [0.717, 1.165) is 0 Å². The molecule has 1 heterocycles. The predicted octanol–water partition coefficient (Wildman–Crippen LogP) is 0.535. The largest absolute Gasteiger partial charge is 0.354 e. The minimum atomic E-state index is 1.19. The second-order valence-electron chi connectivity index (χ2n) is 1.12. The van der Waals surface area contributed by atoms with E-state index in [0.29, 0.717) is 0 Å². The average molecular weight is 84.0 g/mol. The minimum absolute atomic E-state index is 1.19. The van der Waals surface area contributed by atoms with E-state index >= 15 is 0 Å². The Morgan fingerprint density at radius 1 is 1.50 bits per heavy atom. The molecule has 0 amide bonds. The standard InChI is InChI=1S/C2H5BN.C2H6/c1-4-2-3-4;1-2/h2H2,1H3;1-2H3. The first-order chi connectivity index (χ1) is 2.89. The molecule has 1 aliphatic rings. The molecular weight excluding hydrogens is 72.9 g/mol. The van der Waals surface area contributed by atoms with Crippen LogP contribution in [0.2, 0.25) is 0 Å². The third-order valence-corrected chi connectivity index (χ3v) is 0.548. The van der Waals surface area contributed by atoms with E-state index in [9.17, 15) is 0 Å². The molecule has 1 fully saturated rings. The Hall–Kier alpha value is 0.0249. The van der Waals surface area contributed by atoms with Gasteiger partial charge in [0.05, 0.1) is 0 Å². The van der Waals surface area contributed by atoms with Crippen molar-refractivity contribution in [3.8, 4) is 0 Å². The maximum absolute atomic E-state index is 2.12. The summed E-state index contributed by atoms with van der Waals surface area (Å²) in [5.74, 6) is 0. The molecule has 0 aromatic rings. The highest BCUT2D eigenvalue weighted by Crippen LogP contribution is 1.88. The summed E-state index contributed by atoms with van der Waals surface area (Å²) in [6.07, 6.45) is 1.19. The highest BCUT2D eigenvalue weighted by molar-refractivity contribution is 6.43. The van der Waals surface area contributed by atoms with Gasteiger partial charge in [-0.25, -0.2) is 0 Å². The highest BCUT2D eigenvalue weighted by atomic mass is 15.1. The molecule has 0 aromatic carbocycles. The van der Waals surface area contributed by atoms with Crippen molar-refractivity contribution < 1.29 is 0 Å². The molecule has 1 nitrogen and oxygen atoms in total. The molecule has 35 valence electrons. The summed E-state index contributed by atoms with van der Waals surface area (Å²) in [6.45, 7) is 4.00. The van der Waals surface area contributed by atoms with Crippen molar-refractivity contribution in [3.63, 3.8) is 0 Å². The zero-order chi connectivity index (χ0) is 4.99. The molecule has 1 rings (SSSR count). The van der Waals surface area contributed by atoms with Gasteiger partial charge in [-0.05, 0) is 13.5 Å². The SMILES string of the molecule is CC.CN1[B]C1. The van der Waals surface area contributed by atoms with Crippen molar-refractivity contribution in [2.24, 2.45) is 0 Å². The lowest BCUT2D eigenvalue weighted by molar-refractivity contribution is 0.774. The maximum Gasteiger partial charge on any atom is 0.222 e. The van der Waals surface area contributed by atoms with Gasteiger partial charge in [0.1, 0.15) is 0 Å². The lowest BCUT2D eigenvalue weighted by Crippen LogP contribution is -1.77. The van der Waals surface area contributed by atoms with Crippen molar-refractivity contribution >= 4 is 7.41 Å². The van der Waals surface area contributed by atoms with Gasteiger partial charge >= 0.3 is 0 Å². The van der Waals surface area contributed by atoms with Crippen LogP contribution in [-0.2, 0) is 0 Å². The molecule has 1 atom stereocenters. The molecule has 2 heteroatoms. The molecule has 1 saturated heterocycles. The minimum Gasteiger partial charge on any atom is -0.354 e. The van der Waals surface area contributed by atoms with Gasteiger partial charge in [0.2, 0.25) is 7.41 Å². The smallest absolute Gasteiger partial charge is 0.222 e. The van der Waals surface area contributed by atoms with Crippen LogP contribution in [0.5, 0.6) is 0 Å². The topological polar surface area (TPSA) is 3.01 Å². The summed E-state index contributed by atoms with van der Waals surface area (Å²) in [4.78, 5) is 2.12. The van der Waals surface area contributed by atoms with Crippen LogP contribution in [0.25, 0.3) is 0 Å². The molecule has 0 saturated carbocycles. The summed E-state index contributed by atoms with van der Waals surface area (Å²) >= 11 is 0. The molecule has 1 radical (unpaired) electrons. The monoisotopic (exact) mass is 84.1 g/mol. The van der Waals surface area contributed by atoms with Crippen LogP contribution in [0.15, 0.2) is 0 Å². The molecule has 0 aromatic heterocycles. The Morgan fingerprint density at radius 2 is 1.67 bits per heavy atom. The molecule has 1 unspecified atom stereocenters. The normalized spacial score (nSPS) is 26.2. The third kappa shape index (κ3) is 4.02. The third-order valence-electron chi connectivity index (χ3n) is 0.548. The van der Waals surface area contributed by atoms with Crippen molar-refractivity contribution in [3.05, 3.63) is 0 Å². The molecular formula is C4H11BN. The molecule has 1 aliphatic heterocycles. The van der Waals surface area contributed by atoms with Crippen LogP contribution in [0, 0.1) is 0 Å². The van der Waals surface area contributed by atoms with E-state index in [1.807, 2.05) is 13.8 Å². The summed E-state index contributed by atoms with van der Waals surface area (Å²) in [5, 5.41) is 0. The Morgan fingerprint density at radius 3 is 1.67 bits per heavy atom. The van der Waals surface area contributed by atoms with Crippen LogP contribution in [-0.4, -0.2) is 25.7 Å². The molecule has 0 N–H and O–H groups in total. The Kier molecular flexibility index (Phi) is 3.24. The Bertz CT molecular complexity index is 26.7. The zero-order valence-corrected chi connectivity index (χ0v) is 4.73. The molecule has 0 bridgehead atoms. The fraction of sp³-hybridized carbons (Fsp3) is 1.00. The fourth-order valence-electron chi connectivity index (χ4n) is 0.0816. The van der Waals surface area contributed by atoms with E-state index in [1.54, 1.807) is 0 Å². The van der Waals surface area contributed by atoms with Crippen molar-refractivity contribution in [1.29, 1.82) is 0 Å². The highest BCUT2D eigenvalue weighted by Gasteiger charge is 2.11. The average Bonchev–Trinajstić information content (AvgIpc) is 2.30. The number of hydrogen-bond donors (Lipinski definition) is 0. The zero-order valence-electron chi connectivity index (χ0n) is 4.73. The van der Waals surface area contributed by atoms with Gasteiger partial charge in [-0.2, -0.15) is 0 Å². The van der Waals surface area contributed by atoms with E-state index in [4.69, 9.17) is 0 Å². The van der Waals surface area contributed by atoms with Gasteiger partial charge in [-0.1, -0.05) is 13.8 Å². The van der Waals surface area contributed by atoms with Gasteiger partial charge < -0.3 is 4.81 Å². The van der Waals surface area contributed by atoms with E-state index in [1.165, 1.54) is 6.44 Å². The van der Waals surface area contributed by atoms with Crippen LogP contribution in [0.1, 0.15) is 13.8 Å². The molecule has 0 spiro atoms. The van der Waals surface area contributed by atoms with E-state index in [2.05, 4.69) is 19.3 Å². The first-order valence-electron chi connectivity index (χ1n) is 2.43. The van der Waals surface area contributed by atoms with Crippen LogP contribution < -0.4 is 0 Å². The van der Waals surface area contributed by atoms with Gasteiger partial charge in [0.25, 0.3) is 0 Å². The summed E-state index contributed by atoms with van der Waals surface area (Å²) < 4.78 is 0. The van der Waals surface area contributed by atoms with Crippen molar-refractivity contribution in [2.45, 2.75) is 13.8 Å². The second kappa shape index (κ2) is 3.22. The lowest BCUT2D eigenvalue weighted by atomic mass is 10.2. The van der Waals surface area contributed by atoms with Gasteiger partial charge in [0.15, 0.2) is 0 Å². The Balaban J connectivity index is 0.000000112. The first kappa shape index (κ1) is 6.02. The van der Waals surface area contributed by atoms with Gasteiger partial charge in [-0.3, -0.25) is 0 Å². The second-order valence-corrected chi connectivity index (χ2v) is 1.12. The summed E-state index contributed by atoms with van der Waals surface area (Å²) in [7, 11) is 4.18. The predicted molar refractivity (Wildman–Crippen MR) is 29.7 cm³/mol. The fourth-order valence-corrected chi connectivity index (χ4v) is 0.0816. The molecule has 6 heavy (non-hydrogen) atoms. The van der Waals surface area contributed by atoms with E-state index < -0.39 is 0 Å². The lowest BCUT2D eigenvalue weighted by Gasteiger charge is -1.68. The van der Waals surface area contributed by atoms with Crippen LogP contribution in [0.4, 0.5) is 0 Å². The summed E-state index contributed by atoms with van der Waals surface area (Å²) in [5.41, 5.74) is 0. The van der Waals surface area contributed by atoms with Crippen LogP contribution in [0.3, 0.4) is 0 Å². The number of nitrogens with zero attached hydrogens (tertiary/aromatic N) is 1. The quantitative estimate of drug-likeness (QED) is 0.305. The van der Waals surface area contributed by atoms with E-state index in [-0.39, 0.29) is 0 Å². The van der Waals surface area contributed by atoms with Gasteiger partial charge in [0, 0.05) is 0 Å². The van der Waals surface area contributed by atoms with Crippen molar-refractivity contribution in [2.75, 3.05) is 13.5 Å². The number of hydrogen-bond acceptors (Lipinski definition) is 1.